The molecule has 0 aliphatic carbocycles. The van der Waals surface area contributed by atoms with Crippen LogP contribution in [0.4, 0.5) is 0 Å². The van der Waals surface area contributed by atoms with Gasteiger partial charge in [0.1, 0.15) is 0 Å². The Bertz CT molecular complexity index is 84.6. The van der Waals surface area contributed by atoms with Crippen molar-refractivity contribution in [3.63, 3.8) is 0 Å². The maximum Gasteiger partial charge on any atom is 0.0470 e. The third-order valence-corrected chi connectivity index (χ3v) is 3.63. The summed E-state index contributed by atoms with van der Waals surface area (Å²) in [5, 5.41) is 0. The normalized spacial score (nSPS) is 13.2. The largest absolute Gasteiger partial charge is 0.385 e. The molecule has 0 aromatic rings. The zero-order valence-corrected chi connectivity index (χ0v) is 9.79. The number of thiol groups is 1. The summed E-state index contributed by atoms with van der Waals surface area (Å²) in [6.07, 6.45) is 2.42. The lowest BCUT2D eigenvalue weighted by molar-refractivity contribution is 0.200. The second kappa shape index (κ2) is 9.75. The fraction of sp³-hybridized carbons (Fsp3) is 1.00. The van der Waals surface area contributed by atoms with Crippen LogP contribution in [-0.2, 0) is 4.74 Å². The Morgan fingerprint density at radius 1 is 1.50 bits per heavy atom. The van der Waals surface area contributed by atoms with Gasteiger partial charge in [-0.05, 0) is 29.6 Å². The highest BCUT2D eigenvalue weighted by Gasteiger charge is 2.02. The van der Waals surface area contributed by atoms with Gasteiger partial charge in [0, 0.05) is 13.7 Å². The average molecular weight is 208 g/mol. The van der Waals surface area contributed by atoms with Crippen molar-refractivity contribution in [2.75, 3.05) is 31.0 Å². The molecular weight excluding hydrogens is 188 g/mol. The van der Waals surface area contributed by atoms with Crippen LogP contribution in [0, 0.1) is 5.92 Å². The maximum absolute atomic E-state index is 4.97. The first-order valence-electron chi connectivity index (χ1n) is 4.52. The van der Waals surface area contributed by atoms with Gasteiger partial charge in [-0.3, -0.25) is 0 Å². The summed E-state index contributed by atoms with van der Waals surface area (Å²) < 4.78 is 4.97. The summed E-state index contributed by atoms with van der Waals surface area (Å²) in [7, 11) is 1.76. The van der Waals surface area contributed by atoms with E-state index in [1.807, 2.05) is 11.8 Å². The van der Waals surface area contributed by atoms with Crippen molar-refractivity contribution in [1.29, 1.82) is 0 Å². The van der Waals surface area contributed by atoms with Gasteiger partial charge in [0.25, 0.3) is 0 Å². The van der Waals surface area contributed by atoms with E-state index in [0.29, 0.717) is 0 Å². The molecule has 3 heteroatoms. The van der Waals surface area contributed by atoms with Gasteiger partial charge in [-0.1, -0.05) is 13.3 Å². The van der Waals surface area contributed by atoms with Crippen molar-refractivity contribution < 1.29 is 4.74 Å². The first-order valence-corrected chi connectivity index (χ1v) is 6.31. The maximum atomic E-state index is 4.97. The predicted octanol–water partition coefficient (Wildman–Crippen LogP) is 2.71. The Labute approximate surface area is 86.1 Å². The topological polar surface area (TPSA) is 9.23 Å². The summed E-state index contributed by atoms with van der Waals surface area (Å²) in [5.74, 6) is 4.29. The molecule has 0 amide bonds. The van der Waals surface area contributed by atoms with Crippen LogP contribution in [0.3, 0.4) is 0 Å². The van der Waals surface area contributed by atoms with Crippen molar-refractivity contribution in [2.24, 2.45) is 5.92 Å². The lowest BCUT2D eigenvalue weighted by Crippen LogP contribution is -2.04. The second-order valence-electron chi connectivity index (χ2n) is 2.88. The van der Waals surface area contributed by atoms with Crippen LogP contribution in [-0.4, -0.2) is 31.0 Å². The zero-order chi connectivity index (χ0) is 9.23. The van der Waals surface area contributed by atoms with Crippen LogP contribution >= 0.6 is 24.4 Å². The molecule has 12 heavy (non-hydrogen) atoms. The van der Waals surface area contributed by atoms with E-state index in [0.717, 1.165) is 18.3 Å². The molecule has 0 saturated carbocycles. The molecule has 1 nitrogen and oxygen atoms in total. The van der Waals surface area contributed by atoms with Gasteiger partial charge in [-0.15, -0.1) is 0 Å². The van der Waals surface area contributed by atoms with Crippen LogP contribution < -0.4 is 0 Å². The fourth-order valence-corrected chi connectivity index (χ4v) is 2.59. The van der Waals surface area contributed by atoms with E-state index in [-0.39, 0.29) is 0 Å². The molecule has 0 bridgehead atoms. The van der Waals surface area contributed by atoms with E-state index in [4.69, 9.17) is 4.74 Å². The number of ether oxygens (including phenoxy) is 1. The molecule has 0 heterocycles. The third kappa shape index (κ3) is 7.32. The molecule has 1 unspecified atom stereocenters. The minimum absolute atomic E-state index is 0.792. The molecular formula is C9H20OS2. The third-order valence-electron chi connectivity index (χ3n) is 1.83. The van der Waals surface area contributed by atoms with Gasteiger partial charge in [-0.25, -0.2) is 0 Å². The molecule has 0 rings (SSSR count). The van der Waals surface area contributed by atoms with Gasteiger partial charge in [0.15, 0.2) is 0 Å². The molecule has 0 radical (unpaired) electrons. The van der Waals surface area contributed by atoms with E-state index < -0.39 is 0 Å². The molecule has 0 aromatic carbocycles. The van der Waals surface area contributed by atoms with Crippen molar-refractivity contribution in [1.82, 2.24) is 0 Å². The quantitative estimate of drug-likeness (QED) is 0.485. The predicted molar refractivity (Wildman–Crippen MR) is 61.5 cm³/mol. The fourth-order valence-electron chi connectivity index (χ4n) is 0.855. The lowest BCUT2D eigenvalue weighted by Gasteiger charge is -2.10. The number of rotatable bonds is 8. The molecule has 74 valence electrons. The van der Waals surface area contributed by atoms with E-state index in [1.165, 1.54) is 24.3 Å². The van der Waals surface area contributed by atoms with Crippen LogP contribution in [0.1, 0.15) is 19.8 Å². The smallest absolute Gasteiger partial charge is 0.0470 e. The molecule has 0 spiro atoms. The van der Waals surface area contributed by atoms with Gasteiger partial charge >= 0.3 is 0 Å². The van der Waals surface area contributed by atoms with Crippen molar-refractivity contribution >= 4 is 24.4 Å². The van der Waals surface area contributed by atoms with Crippen LogP contribution in [0.5, 0.6) is 0 Å². The standard InChI is InChI=1S/C9H20OS2/c1-3-9(7-11)8-12-6-4-5-10-2/h9,11H,3-8H2,1-2H3. The summed E-state index contributed by atoms with van der Waals surface area (Å²) in [4.78, 5) is 0. The van der Waals surface area contributed by atoms with Gasteiger partial charge in [0.2, 0.25) is 0 Å². The van der Waals surface area contributed by atoms with E-state index in [1.54, 1.807) is 7.11 Å². The van der Waals surface area contributed by atoms with Crippen LogP contribution in [0.2, 0.25) is 0 Å². The molecule has 0 aliphatic rings. The average Bonchev–Trinajstić information content (AvgIpc) is 2.11. The number of methoxy groups -OCH3 is 1. The van der Waals surface area contributed by atoms with E-state index >= 15 is 0 Å². The van der Waals surface area contributed by atoms with E-state index in [2.05, 4.69) is 19.6 Å². The van der Waals surface area contributed by atoms with Crippen molar-refractivity contribution in [2.45, 2.75) is 19.8 Å². The summed E-state index contributed by atoms with van der Waals surface area (Å²) >= 11 is 6.32. The summed E-state index contributed by atoms with van der Waals surface area (Å²) in [6, 6.07) is 0. The monoisotopic (exact) mass is 208 g/mol. The Morgan fingerprint density at radius 2 is 2.25 bits per heavy atom. The molecule has 0 N–H and O–H groups in total. The number of hydrogen-bond acceptors (Lipinski definition) is 3. The Hall–Kier alpha value is 0.660. The number of thioether (sulfide) groups is 1. The SMILES string of the molecule is CCC(CS)CSCCCOC. The second-order valence-corrected chi connectivity index (χ2v) is 4.39. The Balaban J connectivity index is 3.06. The minimum atomic E-state index is 0.792. The molecule has 0 fully saturated rings. The molecule has 0 aromatic heterocycles. The Kier molecular flexibility index (Phi) is 10.3. The number of hydrogen-bond donors (Lipinski definition) is 1. The van der Waals surface area contributed by atoms with Crippen LogP contribution in [0.25, 0.3) is 0 Å². The lowest BCUT2D eigenvalue weighted by atomic mass is 10.2. The summed E-state index contributed by atoms with van der Waals surface area (Å²) in [6.45, 7) is 3.13. The molecule has 0 saturated heterocycles. The summed E-state index contributed by atoms with van der Waals surface area (Å²) in [5.41, 5.74) is 0. The van der Waals surface area contributed by atoms with Gasteiger partial charge in [-0.2, -0.15) is 24.4 Å². The molecule has 0 aliphatic heterocycles. The first kappa shape index (κ1) is 12.7. The van der Waals surface area contributed by atoms with Gasteiger partial charge < -0.3 is 4.74 Å². The molecule has 1 atom stereocenters. The van der Waals surface area contributed by atoms with Crippen molar-refractivity contribution in [3.8, 4) is 0 Å². The highest BCUT2D eigenvalue weighted by molar-refractivity contribution is 7.99. The first-order chi connectivity index (χ1) is 5.85. The van der Waals surface area contributed by atoms with E-state index in [9.17, 15) is 0 Å². The highest BCUT2D eigenvalue weighted by atomic mass is 32.2. The van der Waals surface area contributed by atoms with Crippen LogP contribution in [0.15, 0.2) is 0 Å². The minimum Gasteiger partial charge on any atom is -0.385 e. The Morgan fingerprint density at radius 3 is 2.75 bits per heavy atom. The highest BCUT2D eigenvalue weighted by Crippen LogP contribution is 2.13. The van der Waals surface area contributed by atoms with Crippen molar-refractivity contribution in [3.05, 3.63) is 0 Å². The van der Waals surface area contributed by atoms with Gasteiger partial charge in [0.05, 0.1) is 0 Å². The zero-order valence-electron chi connectivity index (χ0n) is 8.08.